The number of benzene rings is 2. The highest BCUT2D eigenvalue weighted by Crippen LogP contribution is 2.39. The highest BCUT2D eigenvalue weighted by molar-refractivity contribution is 7.89. The third kappa shape index (κ3) is 5.21. The second kappa shape index (κ2) is 8.78. The molecular weight excluding hydrogens is 400 g/mol. The van der Waals surface area contributed by atoms with Crippen LogP contribution in [0.2, 0.25) is 0 Å². The van der Waals surface area contributed by atoms with Crippen LogP contribution >= 0.6 is 0 Å². The molecule has 0 aliphatic carbocycles. The number of amides is 1. The number of fused-ring (bicyclic) bond motifs is 1. The minimum atomic E-state index is -3.54. The third-order valence-corrected chi connectivity index (χ3v) is 7.16. The molecular formula is C23H30N2O4S. The molecule has 1 heterocycles. The van der Waals surface area contributed by atoms with Gasteiger partial charge in [-0.15, -0.1) is 0 Å². The lowest BCUT2D eigenvalue weighted by Gasteiger charge is -2.38. The summed E-state index contributed by atoms with van der Waals surface area (Å²) in [5.41, 5.74) is 1.72. The van der Waals surface area contributed by atoms with Gasteiger partial charge in [-0.1, -0.05) is 30.3 Å². The lowest BCUT2D eigenvalue weighted by Crippen LogP contribution is -2.41. The highest BCUT2D eigenvalue weighted by atomic mass is 32.2. The molecule has 30 heavy (non-hydrogen) atoms. The fraction of sp³-hybridized carbons (Fsp3) is 0.435. The van der Waals surface area contributed by atoms with Crippen LogP contribution in [0.25, 0.3) is 0 Å². The first-order valence-corrected chi connectivity index (χ1v) is 11.6. The molecule has 0 aromatic heterocycles. The molecule has 0 saturated carbocycles. The van der Waals surface area contributed by atoms with Crippen LogP contribution in [-0.2, 0) is 14.8 Å². The predicted octanol–water partition coefficient (Wildman–Crippen LogP) is 3.81. The number of nitrogens with zero attached hydrogens (tertiary/aromatic N) is 1. The summed E-state index contributed by atoms with van der Waals surface area (Å²) in [5.74, 6) is 0.722. The average molecular weight is 431 g/mol. The fourth-order valence-corrected chi connectivity index (χ4v) is 4.94. The van der Waals surface area contributed by atoms with Gasteiger partial charge in [0.05, 0.1) is 10.9 Å². The van der Waals surface area contributed by atoms with E-state index in [9.17, 15) is 13.2 Å². The summed E-state index contributed by atoms with van der Waals surface area (Å²) in [4.78, 5) is 12.8. The molecule has 0 spiro atoms. The quantitative estimate of drug-likeness (QED) is 0.725. The van der Waals surface area contributed by atoms with Crippen LogP contribution in [0.4, 0.5) is 0 Å². The van der Waals surface area contributed by atoms with E-state index in [1.54, 1.807) is 37.4 Å². The van der Waals surface area contributed by atoms with Crippen molar-refractivity contribution in [3.05, 3.63) is 59.7 Å². The molecule has 0 radical (unpaired) electrons. The number of sulfonamides is 1. The van der Waals surface area contributed by atoms with Gasteiger partial charge in [-0.2, -0.15) is 0 Å². The molecule has 1 aliphatic rings. The maximum atomic E-state index is 12.6. The van der Waals surface area contributed by atoms with Gasteiger partial charge in [-0.05, 0) is 51.0 Å². The zero-order valence-electron chi connectivity index (χ0n) is 18.0. The van der Waals surface area contributed by atoms with E-state index >= 15 is 0 Å². The smallest absolute Gasteiger partial charge is 0.242 e. The van der Waals surface area contributed by atoms with Gasteiger partial charge < -0.3 is 10.1 Å². The van der Waals surface area contributed by atoms with E-state index in [2.05, 4.69) is 5.32 Å². The van der Waals surface area contributed by atoms with Crippen molar-refractivity contribution in [2.75, 3.05) is 13.6 Å². The standard InChI is InChI=1S/C23H30N2O4S/c1-17-12-13-19-20(16-23(2,3)29-21(19)15-17)24-22(26)11-8-14-25(4)30(27,28)18-9-6-5-7-10-18/h5-7,9-10,12-13,15,20H,8,11,14,16H2,1-4H3,(H,24,26). The Kier molecular flexibility index (Phi) is 6.53. The minimum absolute atomic E-state index is 0.0882. The monoisotopic (exact) mass is 430 g/mol. The zero-order valence-corrected chi connectivity index (χ0v) is 18.8. The molecule has 2 aromatic rings. The summed E-state index contributed by atoms with van der Waals surface area (Å²) >= 11 is 0. The van der Waals surface area contributed by atoms with Gasteiger partial charge in [0.2, 0.25) is 15.9 Å². The van der Waals surface area contributed by atoms with Crippen molar-refractivity contribution in [3.8, 4) is 5.75 Å². The Morgan fingerprint density at radius 3 is 2.60 bits per heavy atom. The molecule has 1 amide bonds. The maximum Gasteiger partial charge on any atom is 0.242 e. The summed E-state index contributed by atoms with van der Waals surface area (Å²) < 4.78 is 32.5. The van der Waals surface area contributed by atoms with E-state index in [1.807, 2.05) is 39.0 Å². The Bertz CT molecular complexity index is 1000. The van der Waals surface area contributed by atoms with Gasteiger partial charge in [0.25, 0.3) is 0 Å². The largest absolute Gasteiger partial charge is 0.487 e. The van der Waals surface area contributed by atoms with E-state index < -0.39 is 10.0 Å². The first-order valence-electron chi connectivity index (χ1n) is 10.2. The molecule has 1 N–H and O–H groups in total. The summed E-state index contributed by atoms with van der Waals surface area (Å²) in [6, 6.07) is 14.2. The predicted molar refractivity (Wildman–Crippen MR) is 117 cm³/mol. The van der Waals surface area contributed by atoms with Crippen LogP contribution in [0.1, 0.15) is 50.3 Å². The Hall–Kier alpha value is -2.38. The van der Waals surface area contributed by atoms with Gasteiger partial charge >= 0.3 is 0 Å². The van der Waals surface area contributed by atoms with Gasteiger partial charge in [0, 0.05) is 32.0 Å². The number of nitrogens with one attached hydrogen (secondary N) is 1. The summed E-state index contributed by atoms with van der Waals surface area (Å²) in [7, 11) is -2.00. The fourth-order valence-electron chi connectivity index (χ4n) is 3.71. The van der Waals surface area contributed by atoms with Crippen LogP contribution < -0.4 is 10.1 Å². The van der Waals surface area contributed by atoms with Gasteiger partial charge in [-0.3, -0.25) is 4.79 Å². The van der Waals surface area contributed by atoms with Crippen molar-refractivity contribution in [1.82, 2.24) is 9.62 Å². The number of aryl methyl sites for hydroxylation is 1. The Labute approximate surface area is 179 Å². The maximum absolute atomic E-state index is 12.6. The molecule has 6 nitrogen and oxygen atoms in total. The number of carbonyl (C=O) groups is 1. The van der Waals surface area contributed by atoms with E-state index in [-0.39, 0.29) is 35.4 Å². The lowest BCUT2D eigenvalue weighted by atomic mass is 9.89. The first kappa shape index (κ1) is 22.3. The van der Waals surface area contributed by atoms with Gasteiger partial charge in [0.1, 0.15) is 11.4 Å². The summed E-state index contributed by atoms with van der Waals surface area (Å²) in [6.45, 7) is 6.32. The van der Waals surface area contributed by atoms with Crippen molar-refractivity contribution >= 4 is 15.9 Å². The van der Waals surface area contributed by atoms with E-state index in [1.165, 1.54) is 4.31 Å². The molecule has 1 unspecified atom stereocenters. The lowest BCUT2D eigenvalue weighted by molar-refractivity contribution is -0.122. The normalized spacial score (nSPS) is 17.8. The van der Waals surface area contributed by atoms with Crippen LogP contribution in [-0.4, -0.2) is 37.8 Å². The molecule has 1 aliphatic heterocycles. The van der Waals surface area contributed by atoms with Crippen molar-refractivity contribution in [3.63, 3.8) is 0 Å². The molecule has 7 heteroatoms. The van der Waals surface area contributed by atoms with Crippen LogP contribution in [0.5, 0.6) is 5.75 Å². The Morgan fingerprint density at radius 1 is 1.20 bits per heavy atom. The van der Waals surface area contributed by atoms with E-state index in [4.69, 9.17) is 4.74 Å². The Morgan fingerprint density at radius 2 is 1.90 bits per heavy atom. The number of hydrogen-bond donors (Lipinski definition) is 1. The van der Waals surface area contributed by atoms with Crippen LogP contribution in [0.3, 0.4) is 0 Å². The van der Waals surface area contributed by atoms with Crippen molar-refractivity contribution in [1.29, 1.82) is 0 Å². The van der Waals surface area contributed by atoms with E-state index in [0.29, 0.717) is 12.8 Å². The van der Waals surface area contributed by atoms with Gasteiger partial charge in [-0.25, -0.2) is 12.7 Å². The molecule has 0 fully saturated rings. The number of rotatable bonds is 7. The number of ether oxygens (including phenoxy) is 1. The topological polar surface area (TPSA) is 75.7 Å². The second-order valence-electron chi connectivity index (χ2n) is 8.47. The summed E-state index contributed by atoms with van der Waals surface area (Å²) in [5, 5.41) is 3.11. The minimum Gasteiger partial charge on any atom is -0.487 e. The van der Waals surface area contributed by atoms with Crippen molar-refractivity contribution in [2.24, 2.45) is 0 Å². The van der Waals surface area contributed by atoms with Gasteiger partial charge in [0.15, 0.2) is 0 Å². The highest BCUT2D eigenvalue weighted by Gasteiger charge is 2.34. The second-order valence-corrected chi connectivity index (χ2v) is 10.5. The van der Waals surface area contributed by atoms with Crippen molar-refractivity contribution < 1.29 is 17.9 Å². The Balaban J connectivity index is 1.58. The molecule has 162 valence electrons. The van der Waals surface area contributed by atoms with E-state index in [0.717, 1.165) is 16.9 Å². The first-order chi connectivity index (χ1) is 14.1. The number of hydrogen-bond acceptors (Lipinski definition) is 4. The molecule has 3 rings (SSSR count). The SMILES string of the molecule is Cc1ccc2c(c1)OC(C)(C)CC2NC(=O)CCCN(C)S(=O)(=O)c1ccccc1. The molecule has 0 saturated heterocycles. The molecule has 2 aromatic carbocycles. The number of carbonyl (C=O) groups excluding carboxylic acids is 1. The molecule has 0 bridgehead atoms. The van der Waals surface area contributed by atoms with Crippen molar-refractivity contribution in [2.45, 2.75) is 56.6 Å². The summed E-state index contributed by atoms with van der Waals surface area (Å²) in [6.07, 6.45) is 1.38. The molecule has 1 atom stereocenters. The third-order valence-electron chi connectivity index (χ3n) is 5.29. The average Bonchev–Trinajstić information content (AvgIpc) is 2.67. The van der Waals surface area contributed by atoms with Crippen LogP contribution in [0.15, 0.2) is 53.4 Å². The zero-order chi connectivity index (χ0) is 21.9. The van der Waals surface area contributed by atoms with Crippen LogP contribution in [0, 0.1) is 6.92 Å².